The lowest BCUT2D eigenvalue weighted by molar-refractivity contribution is 0.133. The standard InChI is InChI=1S/C17H18O6/c1-2-5-11-9-6-3-4-7-10(9)15(19)14-12(18)8-13(22-16(11)14)23-17(20)21/h8,19H,2-7H2,1H3,(H,20,21). The molecule has 2 aromatic rings. The van der Waals surface area contributed by atoms with Crippen molar-refractivity contribution < 1.29 is 24.2 Å². The molecule has 6 heteroatoms. The van der Waals surface area contributed by atoms with Gasteiger partial charge in [0.1, 0.15) is 16.7 Å². The van der Waals surface area contributed by atoms with E-state index in [0.29, 0.717) is 6.42 Å². The zero-order valence-corrected chi connectivity index (χ0v) is 12.8. The third-order valence-corrected chi connectivity index (χ3v) is 4.24. The molecule has 1 aliphatic carbocycles. The van der Waals surface area contributed by atoms with Crippen molar-refractivity contribution in [2.45, 2.75) is 45.4 Å². The van der Waals surface area contributed by atoms with Crippen LogP contribution in [-0.4, -0.2) is 16.4 Å². The summed E-state index contributed by atoms with van der Waals surface area (Å²) >= 11 is 0. The van der Waals surface area contributed by atoms with Gasteiger partial charge in [-0.3, -0.25) is 4.79 Å². The van der Waals surface area contributed by atoms with E-state index in [1.165, 1.54) is 0 Å². The maximum absolute atomic E-state index is 12.4. The number of hydrogen-bond donors (Lipinski definition) is 2. The van der Waals surface area contributed by atoms with Crippen LogP contribution in [0.1, 0.15) is 42.9 Å². The van der Waals surface area contributed by atoms with Crippen molar-refractivity contribution in [3.8, 4) is 11.7 Å². The van der Waals surface area contributed by atoms with Crippen molar-refractivity contribution in [3.63, 3.8) is 0 Å². The first kappa shape index (κ1) is 15.4. The molecular weight excluding hydrogens is 300 g/mol. The highest BCUT2D eigenvalue weighted by Crippen LogP contribution is 2.39. The predicted molar refractivity (Wildman–Crippen MR) is 83.4 cm³/mol. The quantitative estimate of drug-likeness (QED) is 0.842. The van der Waals surface area contributed by atoms with Crippen LogP contribution in [0.25, 0.3) is 11.0 Å². The summed E-state index contributed by atoms with van der Waals surface area (Å²) in [5, 5.41) is 19.4. The number of aryl methyl sites for hydroxylation is 1. The normalized spacial score (nSPS) is 13.8. The van der Waals surface area contributed by atoms with Gasteiger partial charge in [0, 0.05) is 0 Å². The molecule has 23 heavy (non-hydrogen) atoms. The van der Waals surface area contributed by atoms with Crippen LogP contribution in [0.2, 0.25) is 0 Å². The van der Waals surface area contributed by atoms with Crippen LogP contribution in [0, 0.1) is 0 Å². The van der Waals surface area contributed by atoms with E-state index >= 15 is 0 Å². The highest BCUT2D eigenvalue weighted by Gasteiger charge is 2.25. The summed E-state index contributed by atoms with van der Waals surface area (Å²) in [6.45, 7) is 2.02. The highest BCUT2D eigenvalue weighted by atomic mass is 16.7. The van der Waals surface area contributed by atoms with Gasteiger partial charge >= 0.3 is 6.16 Å². The van der Waals surface area contributed by atoms with Gasteiger partial charge in [-0.15, -0.1) is 0 Å². The number of hydrogen-bond acceptors (Lipinski definition) is 5. The second-order valence-corrected chi connectivity index (χ2v) is 5.74. The van der Waals surface area contributed by atoms with E-state index in [1.807, 2.05) is 6.92 Å². The van der Waals surface area contributed by atoms with E-state index in [1.54, 1.807) is 0 Å². The first-order valence-electron chi connectivity index (χ1n) is 7.77. The van der Waals surface area contributed by atoms with E-state index in [4.69, 9.17) is 9.52 Å². The zero-order chi connectivity index (χ0) is 16.6. The molecular formula is C17H18O6. The van der Waals surface area contributed by atoms with Crippen LogP contribution in [0.5, 0.6) is 11.7 Å². The summed E-state index contributed by atoms with van der Waals surface area (Å²) in [6, 6.07) is 0.959. The van der Waals surface area contributed by atoms with Gasteiger partial charge in [0.25, 0.3) is 5.95 Å². The smallest absolute Gasteiger partial charge is 0.507 e. The molecule has 0 saturated heterocycles. The maximum atomic E-state index is 12.4. The first-order valence-corrected chi connectivity index (χ1v) is 7.77. The van der Waals surface area contributed by atoms with Crippen molar-refractivity contribution in [1.82, 2.24) is 0 Å². The second kappa shape index (κ2) is 5.95. The lowest BCUT2D eigenvalue weighted by Gasteiger charge is -2.22. The van der Waals surface area contributed by atoms with Crippen molar-refractivity contribution in [2.75, 3.05) is 0 Å². The molecule has 122 valence electrons. The number of phenolic OH excluding ortho intramolecular Hbond substituents is 1. The van der Waals surface area contributed by atoms with Crippen LogP contribution >= 0.6 is 0 Å². The van der Waals surface area contributed by atoms with Crippen molar-refractivity contribution in [1.29, 1.82) is 0 Å². The number of benzene rings is 1. The lowest BCUT2D eigenvalue weighted by Crippen LogP contribution is -2.13. The molecule has 2 N–H and O–H groups in total. The van der Waals surface area contributed by atoms with Gasteiger partial charge in [-0.1, -0.05) is 13.3 Å². The van der Waals surface area contributed by atoms with Crippen LogP contribution in [0.3, 0.4) is 0 Å². The molecule has 0 aliphatic heterocycles. The third kappa shape index (κ3) is 2.65. The Bertz CT molecular complexity index is 833. The molecule has 0 amide bonds. The van der Waals surface area contributed by atoms with Crippen LogP contribution in [0.15, 0.2) is 15.3 Å². The molecule has 1 aromatic heterocycles. The Hall–Kier alpha value is -2.50. The SMILES string of the molecule is CCCc1c2c(c(O)c3c(=O)cc(OC(=O)O)oc13)CCCC2. The molecule has 0 atom stereocenters. The Morgan fingerprint density at radius 3 is 2.65 bits per heavy atom. The first-order chi connectivity index (χ1) is 11.0. The van der Waals surface area contributed by atoms with Gasteiger partial charge in [-0.2, -0.15) is 0 Å². The summed E-state index contributed by atoms with van der Waals surface area (Å²) in [5.74, 6) is -0.410. The third-order valence-electron chi connectivity index (χ3n) is 4.24. The number of fused-ring (bicyclic) bond motifs is 2. The molecule has 0 unspecified atom stereocenters. The minimum atomic E-state index is -1.55. The Balaban J connectivity index is 2.36. The number of ether oxygens (including phenoxy) is 1. The molecule has 0 bridgehead atoms. The number of carbonyl (C=O) groups is 1. The Labute approximate surface area is 132 Å². The molecule has 1 aromatic carbocycles. The second-order valence-electron chi connectivity index (χ2n) is 5.74. The highest BCUT2D eigenvalue weighted by molar-refractivity contribution is 5.89. The van der Waals surface area contributed by atoms with E-state index < -0.39 is 11.6 Å². The molecule has 6 nitrogen and oxygen atoms in total. The molecule has 0 spiro atoms. The average molecular weight is 318 g/mol. The summed E-state index contributed by atoms with van der Waals surface area (Å²) < 4.78 is 10.0. The van der Waals surface area contributed by atoms with Crippen molar-refractivity contribution in [3.05, 3.63) is 33.0 Å². The number of rotatable bonds is 3. The molecule has 1 heterocycles. The number of phenols is 1. The topological polar surface area (TPSA) is 97.0 Å². The predicted octanol–water partition coefficient (Wildman–Crippen LogP) is 3.39. The summed E-state index contributed by atoms with van der Waals surface area (Å²) in [4.78, 5) is 23.0. The number of carboxylic acid groups (broad SMARTS) is 1. The summed E-state index contributed by atoms with van der Waals surface area (Å²) in [5.41, 5.74) is 2.48. The van der Waals surface area contributed by atoms with Gasteiger partial charge in [-0.05, 0) is 48.8 Å². The fourth-order valence-electron chi connectivity index (χ4n) is 3.35. The largest absolute Gasteiger partial charge is 0.513 e. The van der Waals surface area contributed by atoms with E-state index in [-0.39, 0.29) is 22.7 Å². The van der Waals surface area contributed by atoms with Crippen LogP contribution < -0.4 is 10.2 Å². The fraction of sp³-hybridized carbons (Fsp3) is 0.412. The van der Waals surface area contributed by atoms with Gasteiger partial charge in [-0.25, -0.2) is 4.79 Å². The van der Waals surface area contributed by atoms with Gasteiger partial charge in [0.05, 0.1) is 6.07 Å². The van der Waals surface area contributed by atoms with E-state index in [9.17, 15) is 14.7 Å². The van der Waals surface area contributed by atoms with Crippen LogP contribution in [0.4, 0.5) is 4.79 Å². The Kier molecular flexibility index (Phi) is 3.98. The fourth-order valence-corrected chi connectivity index (χ4v) is 3.35. The van der Waals surface area contributed by atoms with Crippen molar-refractivity contribution in [2.24, 2.45) is 0 Å². The molecule has 1 aliphatic rings. The van der Waals surface area contributed by atoms with Crippen LogP contribution in [-0.2, 0) is 19.3 Å². The van der Waals surface area contributed by atoms with Gasteiger partial charge in [0.2, 0.25) is 0 Å². The molecule has 0 saturated carbocycles. The molecule has 0 fully saturated rings. The minimum Gasteiger partial charge on any atom is -0.507 e. The number of aromatic hydroxyl groups is 1. The van der Waals surface area contributed by atoms with Gasteiger partial charge < -0.3 is 19.4 Å². The maximum Gasteiger partial charge on any atom is 0.513 e. The molecule has 3 rings (SSSR count). The minimum absolute atomic E-state index is 0.0369. The van der Waals surface area contributed by atoms with E-state index in [2.05, 4.69) is 4.74 Å². The molecule has 0 radical (unpaired) electrons. The zero-order valence-electron chi connectivity index (χ0n) is 12.8. The summed E-state index contributed by atoms with van der Waals surface area (Å²) in [6.07, 6.45) is 3.54. The monoisotopic (exact) mass is 318 g/mol. The Morgan fingerprint density at radius 1 is 1.30 bits per heavy atom. The average Bonchev–Trinajstić information content (AvgIpc) is 2.50. The van der Waals surface area contributed by atoms with Gasteiger partial charge in [0.15, 0.2) is 5.43 Å². The van der Waals surface area contributed by atoms with E-state index in [0.717, 1.165) is 54.9 Å². The summed E-state index contributed by atoms with van der Waals surface area (Å²) in [7, 11) is 0. The lowest BCUT2D eigenvalue weighted by atomic mass is 9.84. The Morgan fingerprint density at radius 2 is 2.00 bits per heavy atom. The van der Waals surface area contributed by atoms with Crippen molar-refractivity contribution >= 4 is 17.1 Å².